The average molecular weight is 569 g/mol. The first-order valence-corrected chi connectivity index (χ1v) is 13.7. The van der Waals surface area contributed by atoms with Crippen molar-refractivity contribution < 1.29 is 33.4 Å². The summed E-state index contributed by atoms with van der Waals surface area (Å²) in [6, 6.07) is 4.75. The number of benzene rings is 1. The van der Waals surface area contributed by atoms with E-state index in [1.807, 2.05) is 0 Å². The zero-order valence-corrected chi connectivity index (χ0v) is 23.2. The van der Waals surface area contributed by atoms with Crippen molar-refractivity contribution in [1.29, 1.82) is 0 Å². The molecule has 220 valence electrons. The van der Waals surface area contributed by atoms with Crippen molar-refractivity contribution in [2.75, 3.05) is 46.4 Å². The van der Waals surface area contributed by atoms with Crippen LogP contribution in [0.5, 0.6) is 11.5 Å². The van der Waals surface area contributed by atoms with Gasteiger partial charge in [0.2, 0.25) is 17.7 Å². The molecule has 1 fully saturated rings. The van der Waals surface area contributed by atoms with Crippen LogP contribution in [0.4, 0.5) is 0 Å². The summed E-state index contributed by atoms with van der Waals surface area (Å²) in [5, 5.41) is 8.31. The van der Waals surface area contributed by atoms with E-state index in [-0.39, 0.29) is 62.0 Å². The number of carbonyl (C=O) groups excluding carboxylic acids is 5. The molecule has 1 saturated heterocycles. The van der Waals surface area contributed by atoms with Gasteiger partial charge in [-0.15, -0.1) is 0 Å². The average Bonchev–Trinajstić information content (AvgIpc) is 3.68. The molecule has 5 rings (SSSR count). The first-order chi connectivity index (χ1) is 19.8. The van der Waals surface area contributed by atoms with Crippen LogP contribution in [0.3, 0.4) is 0 Å². The quantitative estimate of drug-likeness (QED) is 0.379. The van der Waals surface area contributed by atoms with Crippen molar-refractivity contribution in [3.63, 3.8) is 0 Å². The molecule has 1 aromatic carbocycles. The van der Waals surface area contributed by atoms with Crippen molar-refractivity contribution in [2.24, 2.45) is 0 Å². The molecule has 2 atom stereocenters. The van der Waals surface area contributed by atoms with E-state index >= 15 is 0 Å². The Morgan fingerprint density at radius 1 is 1.05 bits per heavy atom. The standard InChI is InChI=1S/C28H36N6O7/c1-18-27(38)34-13-3-5-21(34)26(37)31-9-4-12-33(28(39)20-8-10-29-16-20)17-24(35)30-11-14-41-22-7-6-19(25(36)32-18)15-23(22)40-2/h6-8,10,15-16,18,21,29H,3-5,9,11-14,17H2,1-2H3,(H,30,35)(H,31,37)(H,32,36)/t18-,21+/m0/s1. The third kappa shape index (κ3) is 7.35. The van der Waals surface area contributed by atoms with E-state index in [9.17, 15) is 24.0 Å². The van der Waals surface area contributed by atoms with E-state index in [0.29, 0.717) is 42.9 Å². The van der Waals surface area contributed by atoms with Gasteiger partial charge in [-0.3, -0.25) is 24.0 Å². The van der Waals surface area contributed by atoms with Crippen LogP contribution in [0, 0.1) is 0 Å². The number of fused-ring (bicyclic) bond motifs is 16. The van der Waals surface area contributed by atoms with Gasteiger partial charge in [0, 0.05) is 37.6 Å². The molecule has 0 unspecified atom stereocenters. The Bertz CT molecular complexity index is 1260. The largest absolute Gasteiger partial charge is 0.493 e. The molecule has 13 nitrogen and oxygen atoms in total. The van der Waals surface area contributed by atoms with Crippen LogP contribution in [-0.2, 0) is 14.4 Å². The third-order valence-electron chi connectivity index (χ3n) is 7.03. The molecule has 0 saturated carbocycles. The predicted molar refractivity (Wildman–Crippen MR) is 147 cm³/mol. The van der Waals surface area contributed by atoms with E-state index in [4.69, 9.17) is 9.47 Å². The first kappa shape index (κ1) is 29.4. The minimum atomic E-state index is -0.854. The lowest BCUT2D eigenvalue weighted by Gasteiger charge is -2.27. The maximum absolute atomic E-state index is 13.2. The first-order valence-electron chi connectivity index (χ1n) is 13.7. The third-order valence-corrected chi connectivity index (χ3v) is 7.03. The van der Waals surface area contributed by atoms with Gasteiger partial charge < -0.3 is 40.2 Å². The number of rotatable bonds is 2. The summed E-state index contributed by atoms with van der Waals surface area (Å²) < 4.78 is 11.1. The van der Waals surface area contributed by atoms with Crippen molar-refractivity contribution in [3.8, 4) is 11.5 Å². The van der Waals surface area contributed by atoms with Gasteiger partial charge in [-0.2, -0.15) is 0 Å². The van der Waals surface area contributed by atoms with Gasteiger partial charge >= 0.3 is 0 Å². The summed E-state index contributed by atoms with van der Waals surface area (Å²) >= 11 is 0. The van der Waals surface area contributed by atoms with Gasteiger partial charge in [-0.05, 0) is 50.5 Å². The number of methoxy groups -OCH3 is 1. The Hall–Kier alpha value is -4.55. The molecule has 2 aromatic rings. The van der Waals surface area contributed by atoms with Crippen molar-refractivity contribution >= 4 is 29.5 Å². The number of hydrogen-bond donors (Lipinski definition) is 4. The molecule has 41 heavy (non-hydrogen) atoms. The minimum Gasteiger partial charge on any atom is -0.493 e. The van der Waals surface area contributed by atoms with Crippen LogP contribution in [-0.4, -0.2) is 103 Å². The fourth-order valence-corrected chi connectivity index (χ4v) is 4.89. The van der Waals surface area contributed by atoms with Crippen LogP contribution >= 0.6 is 0 Å². The van der Waals surface area contributed by atoms with Crippen molar-refractivity contribution in [2.45, 2.75) is 38.3 Å². The second kappa shape index (κ2) is 13.7. The molecule has 2 bridgehead atoms. The van der Waals surface area contributed by atoms with E-state index in [1.165, 1.54) is 23.0 Å². The van der Waals surface area contributed by atoms with Crippen LogP contribution in [0.25, 0.3) is 0 Å². The zero-order chi connectivity index (χ0) is 29.4. The zero-order valence-electron chi connectivity index (χ0n) is 23.2. The molecule has 0 aliphatic carbocycles. The molecule has 5 amide bonds. The summed E-state index contributed by atoms with van der Waals surface area (Å²) in [4.78, 5) is 70.6. The highest BCUT2D eigenvalue weighted by molar-refractivity contribution is 5.99. The summed E-state index contributed by atoms with van der Waals surface area (Å²) in [7, 11) is 1.44. The maximum atomic E-state index is 13.2. The fourth-order valence-electron chi connectivity index (χ4n) is 4.89. The minimum absolute atomic E-state index is 0.119. The van der Waals surface area contributed by atoms with Gasteiger partial charge in [-0.1, -0.05) is 0 Å². The van der Waals surface area contributed by atoms with Gasteiger partial charge in [-0.25, -0.2) is 0 Å². The lowest BCUT2D eigenvalue weighted by Crippen LogP contribution is -2.52. The summed E-state index contributed by atoms with van der Waals surface area (Å²) in [6.45, 7) is 2.60. The summed E-state index contributed by atoms with van der Waals surface area (Å²) in [5.41, 5.74) is 0.690. The van der Waals surface area contributed by atoms with E-state index in [0.717, 1.165) is 0 Å². The van der Waals surface area contributed by atoms with Gasteiger partial charge in [0.15, 0.2) is 11.5 Å². The second-order valence-corrected chi connectivity index (χ2v) is 9.92. The number of nitrogens with one attached hydrogen (secondary N) is 4. The van der Waals surface area contributed by atoms with Crippen LogP contribution < -0.4 is 25.4 Å². The van der Waals surface area contributed by atoms with Crippen LogP contribution in [0.2, 0.25) is 0 Å². The maximum Gasteiger partial charge on any atom is 0.255 e. The summed E-state index contributed by atoms with van der Waals surface area (Å²) in [5.74, 6) is -1.10. The normalized spacial score (nSPS) is 21.5. The smallest absolute Gasteiger partial charge is 0.255 e. The number of carbonyl (C=O) groups is 5. The molecule has 13 heteroatoms. The molecule has 0 radical (unpaired) electrons. The molecule has 1 aromatic heterocycles. The number of amides is 5. The highest BCUT2D eigenvalue weighted by atomic mass is 16.5. The van der Waals surface area contributed by atoms with E-state index in [2.05, 4.69) is 20.9 Å². The van der Waals surface area contributed by atoms with E-state index < -0.39 is 18.0 Å². The Kier molecular flexibility index (Phi) is 9.82. The molecule has 3 aliphatic rings. The molecule has 3 aliphatic heterocycles. The van der Waals surface area contributed by atoms with Crippen molar-refractivity contribution in [1.82, 2.24) is 30.7 Å². The van der Waals surface area contributed by atoms with E-state index in [1.54, 1.807) is 37.5 Å². The molecular formula is C28H36N6O7. The molecular weight excluding hydrogens is 532 g/mol. The number of aromatic amines is 1. The van der Waals surface area contributed by atoms with Crippen molar-refractivity contribution in [3.05, 3.63) is 47.8 Å². The Morgan fingerprint density at radius 2 is 1.88 bits per heavy atom. The van der Waals surface area contributed by atoms with Gasteiger partial charge in [0.05, 0.1) is 25.8 Å². The van der Waals surface area contributed by atoms with Gasteiger partial charge in [0.25, 0.3) is 11.8 Å². The topological polar surface area (TPSA) is 162 Å². The molecule has 4 heterocycles. The lowest BCUT2D eigenvalue weighted by molar-refractivity contribution is -0.139. The Labute approximate surface area is 237 Å². The van der Waals surface area contributed by atoms with Crippen LogP contribution in [0.1, 0.15) is 46.9 Å². The SMILES string of the molecule is COc1cc2ccc1OCCNC(=O)CN(C(=O)c1cc[nH]c1)CCCNC(=O)[C@H]1CCCN1C(=O)[C@H](C)NC2=O. The second-order valence-electron chi connectivity index (χ2n) is 9.92. The van der Waals surface area contributed by atoms with Gasteiger partial charge in [0.1, 0.15) is 18.7 Å². The molecule has 4 N–H and O–H groups in total. The Morgan fingerprint density at radius 3 is 2.63 bits per heavy atom. The summed E-state index contributed by atoms with van der Waals surface area (Å²) in [6.07, 6.45) is 4.77. The number of H-pyrrole nitrogens is 1. The number of nitrogens with zero attached hydrogens (tertiary/aromatic N) is 2. The highest BCUT2D eigenvalue weighted by Crippen LogP contribution is 2.28. The number of ether oxygens (including phenoxy) is 2. The fraction of sp³-hybridized carbons (Fsp3) is 0.464. The number of aromatic nitrogens is 1. The number of hydrogen-bond acceptors (Lipinski definition) is 7. The predicted octanol–water partition coefficient (Wildman–Crippen LogP) is 0.290. The molecule has 0 spiro atoms. The lowest BCUT2D eigenvalue weighted by atomic mass is 10.1. The Balaban J connectivity index is 1.52. The monoisotopic (exact) mass is 568 g/mol. The van der Waals surface area contributed by atoms with Crippen LogP contribution in [0.15, 0.2) is 36.7 Å². The highest BCUT2D eigenvalue weighted by Gasteiger charge is 2.36.